The van der Waals surface area contributed by atoms with Crippen LogP contribution in [0.3, 0.4) is 0 Å². The molecule has 23 heavy (non-hydrogen) atoms. The molecule has 1 atom stereocenters. The second-order valence-corrected chi connectivity index (χ2v) is 7.42. The molecule has 7 heteroatoms. The van der Waals surface area contributed by atoms with Crippen molar-refractivity contribution in [1.82, 2.24) is 0 Å². The first kappa shape index (κ1) is 17.5. The standard InChI is InChI=1S/C16H16BrNO4S/c1-9(16(20)21)7-10-3-5-11(6-4-10)18-15(19)13-8-12(22-2)14(17)23-13/h3-6,8-9H,7H2,1-2H3,(H,18,19)(H,20,21). The van der Waals surface area contributed by atoms with Gasteiger partial charge in [-0.15, -0.1) is 11.3 Å². The van der Waals surface area contributed by atoms with Gasteiger partial charge in [0, 0.05) is 11.8 Å². The van der Waals surface area contributed by atoms with Crippen LogP contribution in [0.25, 0.3) is 0 Å². The number of methoxy groups -OCH3 is 1. The van der Waals surface area contributed by atoms with Gasteiger partial charge >= 0.3 is 5.97 Å². The van der Waals surface area contributed by atoms with Gasteiger partial charge in [-0.2, -0.15) is 0 Å². The molecule has 2 rings (SSSR count). The van der Waals surface area contributed by atoms with Crippen LogP contribution in [0.4, 0.5) is 5.69 Å². The third kappa shape index (κ3) is 4.56. The Morgan fingerprint density at radius 2 is 2.00 bits per heavy atom. The summed E-state index contributed by atoms with van der Waals surface area (Å²) in [6.07, 6.45) is 0.457. The van der Waals surface area contributed by atoms with Crippen molar-refractivity contribution in [2.24, 2.45) is 5.92 Å². The largest absolute Gasteiger partial charge is 0.495 e. The maximum Gasteiger partial charge on any atom is 0.306 e. The van der Waals surface area contributed by atoms with Crippen molar-refractivity contribution in [2.45, 2.75) is 13.3 Å². The summed E-state index contributed by atoms with van der Waals surface area (Å²) in [5, 5.41) is 11.7. The number of carbonyl (C=O) groups excluding carboxylic acids is 1. The number of amides is 1. The molecule has 1 unspecified atom stereocenters. The number of ether oxygens (including phenoxy) is 1. The number of hydrogen-bond donors (Lipinski definition) is 2. The number of carbonyl (C=O) groups is 2. The molecule has 5 nitrogen and oxygen atoms in total. The molecule has 0 aliphatic carbocycles. The first-order valence-corrected chi connectivity index (χ1v) is 8.48. The molecule has 0 bridgehead atoms. The van der Waals surface area contributed by atoms with Gasteiger partial charge < -0.3 is 15.2 Å². The number of benzene rings is 1. The minimum Gasteiger partial charge on any atom is -0.495 e. The molecule has 122 valence electrons. The molecule has 1 heterocycles. The lowest BCUT2D eigenvalue weighted by atomic mass is 10.0. The quantitative estimate of drug-likeness (QED) is 0.770. The molecule has 1 aromatic carbocycles. The van der Waals surface area contributed by atoms with Crippen LogP contribution >= 0.6 is 27.3 Å². The van der Waals surface area contributed by atoms with Crippen molar-refractivity contribution in [3.63, 3.8) is 0 Å². The minimum atomic E-state index is -0.820. The first-order valence-electron chi connectivity index (χ1n) is 6.87. The van der Waals surface area contributed by atoms with E-state index in [2.05, 4.69) is 21.2 Å². The monoisotopic (exact) mass is 397 g/mol. The second-order valence-electron chi connectivity index (χ2n) is 5.05. The van der Waals surface area contributed by atoms with E-state index >= 15 is 0 Å². The van der Waals surface area contributed by atoms with Gasteiger partial charge in [-0.3, -0.25) is 9.59 Å². The number of anilines is 1. The number of nitrogens with one attached hydrogen (secondary N) is 1. The molecule has 2 N–H and O–H groups in total. The van der Waals surface area contributed by atoms with Crippen LogP contribution in [0.2, 0.25) is 0 Å². The highest BCUT2D eigenvalue weighted by molar-refractivity contribution is 9.11. The second kappa shape index (κ2) is 7.61. The third-order valence-electron chi connectivity index (χ3n) is 3.27. The molecule has 1 aromatic heterocycles. The van der Waals surface area contributed by atoms with E-state index in [0.29, 0.717) is 22.7 Å². The predicted molar refractivity (Wildman–Crippen MR) is 93.5 cm³/mol. The van der Waals surface area contributed by atoms with Crippen molar-refractivity contribution in [2.75, 3.05) is 12.4 Å². The molecule has 0 aliphatic heterocycles. The van der Waals surface area contributed by atoms with Gasteiger partial charge in [0.15, 0.2) is 0 Å². The summed E-state index contributed by atoms with van der Waals surface area (Å²) < 4.78 is 5.90. The summed E-state index contributed by atoms with van der Waals surface area (Å²) in [6.45, 7) is 1.67. The number of carboxylic acids is 1. The normalized spacial score (nSPS) is 11.8. The van der Waals surface area contributed by atoms with Gasteiger partial charge in [-0.05, 0) is 40.0 Å². The van der Waals surface area contributed by atoms with Crippen molar-refractivity contribution >= 4 is 44.8 Å². The zero-order valence-corrected chi connectivity index (χ0v) is 15.0. The van der Waals surface area contributed by atoms with Crippen LogP contribution < -0.4 is 10.1 Å². The Morgan fingerprint density at radius 3 is 2.52 bits per heavy atom. The van der Waals surface area contributed by atoms with Crippen molar-refractivity contribution in [1.29, 1.82) is 0 Å². The summed E-state index contributed by atoms with van der Waals surface area (Å²) in [6, 6.07) is 8.84. The summed E-state index contributed by atoms with van der Waals surface area (Å²) in [7, 11) is 1.55. The van der Waals surface area contributed by atoms with Gasteiger partial charge in [0.25, 0.3) is 5.91 Å². The molecular weight excluding hydrogens is 382 g/mol. The summed E-state index contributed by atoms with van der Waals surface area (Å²) in [5.41, 5.74) is 1.57. The van der Waals surface area contributed by atoms with E-state index in [9.17, 15) is 9.59 Å². The number of rotatable bonds is 6. The van der Waals surface area contributed by atoms with E-state index < -0.39 is 11.9 Å². The molecule has 1 amide bonds. The fraction of sp³-hybridized carbons (Fsp3) is 0.250. The van der Waals surface area contributed by atoms with E-state index in [4.69, 9.17) is 9.84 Å². The highest BCUT2D eigenvalue weighted by atomic mass is 79.9. The topological polar surface area (TPSA) is 75.6 Å². The van der Waals surface area contributed by atoms with E-state index in [-0.39, 0.29) is 5.91 Å². The Kier molecular flexibility index (Phi) is 5.79. The van der Waals surface area contributed by atoms with Gasteiger partial charge in [-0.1, -0.05) is 19.1 Å². The highest BCUT2D eigenvalue weighted by Crippen LogP contribution is 2.34. The average Bonchev–Trinajstić information content (AvgIpc) is 2.90. The van der Waals surface area contributed by atoms with Crippen LogP contribution in [0.1, 0.15) is 22.2 Å². The van der Waals surface area contributed by atoms with Crippen LogP contribution in [0, 0.1) is 5.92 Å². The van der Waals surface area contributed by atoms with Crippen molar-refractivity contribution in [3.8, 4) is 5.75 Å². The van der Waals surface area contributed by atoms with Crippen molar-refractivity contribution in [3.05, 3.63) is 44.6 Å². The van der Waals surface area contributed by atoms with Crippen molar-refractivity contribution < 1.29 is 19.4 Å². The number of thiophene rings is 1. The predicted octanol–water partition coefficient (Wildman–Crippen LogP) is 4.03. The molecule has 0 saturated heterocycles. The average molecular weight is 398 g/mol. The third-order valence-corrected chi connectivity index (χ3v) is 5.05. The zero-order chi connectivity index (χ0) is 17.0. The number of hydrogen-bond acceptors (Lipinski definition) is 4. The van der Waals surface area contributed by atoms with E-state index in [0.717, 1.165) is 9.35 Å². The van der Waals surface area contributed by atoms with Crippen LogP contribution in [0.15, 0.2) is 34.1 Å². The molecule has 0 radical (unpaired) electrons. The maximum absolute atomic E-state index is 12.2. The Balaban J connectivity index is 2.02. The van der Waals surface area contributed by atoms with E-state index in [1.165, 1.54) is 11.3 Å². The smallest absolute Gasteiger partial charge is 0.306 e. The fourth-order valence-electron chi connectivity index (χ4n) is 1.96. The zero-order valence-electron chi connectivity index (χ0n) is 12.6. The van der Waals surface area contributed by atoms with Gasteiger partial charge in [0.05, 0.1) is 17.9 Å². The SMILES string of the molecule is COc1cc(C(=O)Nc2ccc(CC(C)C(=O)O)cc2)sc1Br. The lowest BCUT2D eigenvalue weighted by molar-refractivity contribution is -0.141. The van der Waals surface area contributed by atoms with Crippen LogP contribution in [-0.2, 0) is 11.2 Å². The molecule has 0 saturated carbocycles. The number of carboxylic acid groups (broad SMARTS) is 1. The van der Waals surface area contributed by atoms with Gasteiger partial charge in [-0.25, -0.2) is 0 Å². The summed E-state index contributed by atoms with van der Waals surface area (Å²) in [5.74, 6) is -0.852. The lowest BCUT2D eigenvalue weighted by Gasteiger charge is -2.08. The van der Waals surface area contributed by atoms with Crippen LogP contribution in [0.5, 0.6) is 5.75 Å². The lowest BCUT2D eigenvalue weighted by Crippen LogP contribution is -2.12. The van der Waals surface area contributed by atoms with E-state index in [1.54, 1.807) is 32.2 Å². The van der Waals surface area contributed by atoms with Gasteiger partial charge in [0.2, 0.25) is 0 Å². The van der Waals surface area contributed by atoms with Crippen LogP contribution in [-0.4, -0.2) is 24.1 Å². The van der Waals surface area contributed by atoms with Gasteiger partial charge in [0.1, 0.15) is 9.54 Å². The Bertz CT molecular complexity index is 711. The van der Waals surface area contributed by atoms with E-state index in [1.807, 2.05) is 12.1 Å². The summed E-state index contributed by atoms with van der Waals surface area (Å²) >= 11 is 4.64. The molecule has 2 aromatic rings. The highest BCUT2D eigenvalue weighted by Gasteiger charge is 2.14. The molecule has 0 aliphatic rings. The number of halogens is 1. The Morgan fingerprint density at radius 1 is 1.35 bits per heavy atom. The Hall–Kier alpha value is -1.86. The molecule has 0 fully saturated rings. The number of aliphatic carboxylic acids is 1. The fourth-order valence-corrected chi connectivity index (χ4v) is 3.51. The molecular formula is C16H16BrNO4S. The maximum atomic E-state index is 12.2. The first-order chi connectivity index (χ1) is 10.9. The summed E-state index contributed by atoms with van der Waals surface area (Å²) in [4.78, 5) is 23.6. The minimum absolute atomic E-state index is 0.217. The Labute approximate surface area is 146 Å². The molecule has 0 spiro atoms.